The summed E-state index contributed by atoms with van der Waals surface area (Å²) in [6.07, 6.45) is 1.50. The second-order valence-electron chi connectivity index (χ2n) is 3.85. The molecule has 2 rings (SSSR count). The first-order valence-electron chi connectivity index (χ1n) is 5.51. The lowest BCUT2D eigenvalue weighted by Gasteiger charge is -2.04. The van der Waals surface area contributed by atoms with Gasteiger partial charge in [-0.05, 0) is 17.7 Å². The molecule has 0 aliphatic heterocycles. The molecular formula is C13H12N2O4. The fourth-order valence-electron chi connectivity index (χ4n) is 1.57. The Bertz CT molecular complexity index is 596. The van der Waals surface area contributed by atoms with Crippen LogP contribution in [0, 0.1) is 0 Å². The summed E-state index contributed by atoms with van der Waals surface area (Å²) in [6, 6.07) is 7.32. The smallest absolute Gasteiger partial charge is 0.342 e. The molecule has 2 N–H and O–H groups in total. The van der Waals surface area contributed by atoms with E-state index in [9.17, 15) is 9.90 Å². The summed E-state index contributed by atoms with van der Waals surface area (Å²) >= 11 is 0. The normalized spacial score (nSPS) is 10.2. The molecule has 6 nitrogen and oxygen atoms in total. The summed E-state index contributed by atoms with van der Waals surface area (Å²) in [7, 11) is 1.58. The number of aromatic carboxylic acids is 1. The Morgan fingerprint density at radius 1 is 1.32 bits per heavy atom. The van der Waals surface area contributed by atoms with E-state index in [0.717, 1.165) is 17.5 Å². The first kappa shape index (κ1) is 12.8. The van der Waals surface area contributed by atoms with Gasteiger partial charge in [-0.1, -0.05) is 12.1 Å². The largest absolute Gasteiger partial charge is 0.497 e. The lowest BCUT2D eigenvalue weighted by molar-refractivity contribution is 0.0692. The van der Waals surface area contributed by atoms with Crippen LogP contribution >= 0.6 is 0 Å². The van der Waals surface area contributed by atoms with Gasteiger partial charge in [0.2, 0.25) is 5.88 Å². The number of methoxy groups -OCH3 is 1. The Kier molecular flexibility index (Phi) is 3.61. The first-order chi connectivity index (χ1) is 9.10. The van der Waals surface area contributed by atoms with Crippen LogP contribution in [0.15, 0.2) is 30.5 Å². The third-order valence-corrected chi connectivity index (χ3v) is 2.57. The van der Waals surface area contributed by atoms with Gasteiger partial charge in [-0.25, -0.2) is 9.78 Å². The second kappa shape index (κ2) is 5.34. The molecule has 0 unspecified atom stereocenters. The molecule has 0 spiro atoms. The van der Waals surface area contributed by atoms with E-state index in [-0.39, 0.29) is 5.56 Å². The van der Waals surface area contributed by atoms with Crippen molar-refractivity contribution in [3.05, 3.63) is 47.4 Å². The second-order valence-corrected chi connectivity index (χ2v) is 3.85. The number of benzene rings is 1. The molecule has 1 aromatic heterocycles. The number of hydrogen-bond donors (Lipinski definition) is 2. The quantitative estimate of drug-likeness (QED) is 0.865. The third kappa shape index (κ3) is 2.98. The minimum Gasteiger partial charge on any atom is -0.497 e. The monoisotopic (exact) mass is 260 g/mol. The lowest BCUT2D eigenvalue weighted by atomic mass is 10.1. The first-order valence-corrected chi connectivity index (χ1v) is 5.51. The molecule has 0 aliphatic rings. The molecule has 6 heteroatoms. The van der Waals surface area contributed by atoms with Gasteiger partial charge in [-0.2, -0.15) is 4.98 Å². The van der Waals surface area contributed by atoms with Crippen LogP contribution in [0.4, 0.5) is 0 Å². The Hall–Kier alpha value is -2.63. The molecule has 0 saturated heterocycles. The molecular weight excluding hydrogens is 248 g/mol. The standard InChI is InChI=1S/C13H12N2O4/c1-19-9-4-2-8(3-5-9)6-11-14-7-10(13(17)18)12(16)15-11/h2-5,7H,6H2,1H3,(H,17,18)(H,14,15,16). The highest BCUT2D eigenvalue weighted by Crippen LogP contribution is 2.16. The van der Waals surface area contributed by atoms with Crippen molar-refractivity contribution >= 4 is 5.97 Å². The number of carboxylic acids is 1. The highest BCUT2D eigenvalue weighted by atomic mass is 16.5. The van der Waals surface area contributed by atoms with E-state index in [1.165, 1.54) is 0 Å². The van der Waals surface area contributed by atoms with Gasteiger partial charge in [-0.15, -0.1) is 0 Å². The van der Waals surface area contributed by atoms with Gasteiger partial charge in [0.25, 0.3) is 0 Å². The number of aromatic nitrogens is 2. The van der Waals surface area contributed by atoms with Gasteiger partial charge in [-0.3, -0.25) is 0 Å². The Morgan fingerprint density at radius 2 is 2.00 bits per heavy atom. The number of carbonyl (C=O) groups is 1. The fraction of sp³-hybridized carbons (Fsp3) is 0.154. The van der Waals surface area contributed by atoms with E-state index in [1.807, 2.05) is 12.1 Å². The molecule has 19 heavy (non-hydrogen) atoms. The maximum absolute atomic E-state index is 10.7. The predicted molar refractivity (Wildman–Crippen MR) is 66.5 cm³/mol. The molecule has 0 amide bonds. The molecule has 0 atom stereocenters. The number of hydrogen-bond acceptors (Lipinski definition) is 5. The van der Waals surface area contributed by atoms with E-state index in [1.54, 1.807) is 19.2 Å². The summed E-state index contributed by atoms with van der Waals surface area (Å²) < 4.78 is 5.04. The number of aromatic hydroxyl groups is 1. The van der Waals surface area contributed by atoms with Crippen molar-refractivity contribution in [1.82, 2.24) is 9.97 Å². The van der Waals surface area contributed by atoms with Crippen molar-refractivity contribution in [2.75, 3.05) is 7.11 Å². The maximum atomic E-state index is 10.7. The van der Waals surface area contributed by atoms with Crippen molar-refractivity contribution in [3.63, 3.8) is 0 Å². The molecule has 1 aromatic carbocycles. The van der Waals surface area contributed by atoms with Crippen molar-refractivity contribution in [2.24, 2.45) is 0 Å². The zero-order valence-corrected chi connectivity index (χ0v) is 10.2. The van der Waals surface area contributed by atoms with Gasteiger partial charge in [0.15, 0.2) is 0 Å². The van der Waals surface area contributed by atoms with Gasteiger partial charge in [0.1, 0.15) is 17.1 Å². The van der Waals surface area contributed by atoms with E-state index >= 15 is 0 Å². The summed E-state index contributed by atoms with van der Waals surface area (Å²) in [6.45, 7) is 0. The van der Waals surface area contributed by atoms with Gasteiger partial charge < -0.3 is 14.9 Å². The zero-order valence-electron chi connectivity index (χ0n) is 10.2. The average Bonchev–Trinajstić information content (AvgIpc) is 2.39. The van der Waals surface area contributed by atoms with Gasteiger partial charge in [0, 0.05) is 12.6 Å². The van der Waals surface area contributed by atoms with Crippen LogP contribution in [-0.2, 0) is 6.42 Å². The zero-order chi connectivity index (χ0) is 13.8. The van der Waals surface area contributed by atoms with Crippen molar-refractivity contribution in [3.8, 4) is 11.6 Å². The molecule has 0 bridgehead atoms. The maximum Gasteiger partial charge on any atom is 0.342 e. The van der Waals surface area contributed by atoms with Gasteiger partial charge >= 0.3 is 5.97 Å². The van der Waals surface area contributed by atoms with E-state index in [4.69, 9.17) is 9.84 Å². The molecule has 0 radical (unpaired) electrons. The number of rotatable bonds is 4. The molecule has 0 saturated carbocycles. The number of carboxylic acid groups (broad SMARTS) is 1. The van der Waals surface area contributed by atoms with Gasteiger partial charge in [0.05, 0.1) is 7.11 Å². The van der Waals surface area contributed by atoms with E-state index in [0.29, 0.717) is 12.2 Å². The van der Waals surface area contributed by atoms with Crippen LogP contribution < -0.4 is 4.74 Å². The predicted octanol–water partition coefficient (Wildman–Crippen LogP) is 1.48. The average molecular weight is 260 g/mol. The molecule has 98 valence electrons. The summed E-state index contributed by atoms with van der Waals surface area (Å²) in [5, 5.41) is 18.2. The minimum atomic E-state index is -1.26. The lowest BCUT2D eigenvalue weighted by Crippen LogP contribution is -2.03. The van der Waals surface area contributed by atoms with Crippen LogP contribution in [0.25, 0.3) is 0 Å². The fourth-order valence-corrected chi connectivity index (χ4v) is 1.57. The highest BCUT2D eigenvalue weighted by molar-refractivity contribution is 5.89. The van der Waals surface area contributed by atoms with Crippen molar-refractivity contribution in [2.45, 2.75) is 6.42 Å². The number of nitrogens with zero attached hydrogens (tertiary/aromatic N) is 2. The van der Waals surface area contributed by atoms with E-state index < -0.39 is 11.8 Å². The summed E-state index contributed by atoms with van der Waals surface area (Å²) in [5.41, 5.74) is 0.627. The third-order valence-electron chi connectivity index (χ3n) is 2.57. The minimum absolute atomic E-state index is 0.307. The van der Waals surface area contributed by atoms with Crippen molar-refractivity contribution < 1.29 is 19.7 Å². The Labute approximate surface area is 109 Å². The van der Waals surface area contributed by atoms with Crippen LogP contribution in [0.5, 0.6) is 11.6 Å². The Morgan fingerprint density at radius 3 is 2.53 bits per heavy atom. The van der Waals surface area contributed by atoms with Crippen LogP contribution in [-0.4, -0.2) is 33.3 Å². The molecule has 0 aliphatic carbocycles. The SMILES string of the molecule is COc1ccc(Cc2ncc(C(=O)O)c(O)n2)cc1. The van der Waals surface area contributed by atoms with Crippen LogP contribution in [0.2, 0.25) is 0 Å². The topological polar surface area (TPSA) is 92.5 Å². The number of ether oxygens (including phenoxy) is 1. The highest BCUT2D eigenvalue weighted by Gasteiger charge is 2.12. The molecule has 1 heterocycles. The van der Waals surface area contributed by atoms with Crippen LogP contribution in [0.3, 0.4) is 0 Å². The molecule has 0 fully saturated rings. The van der Waals surface area contributed by atoms with E-state index in [2.05, 4.69) is 9.97 Å². The van der Waals surface area contributed by atoms with Crippen LogP contribution in [0.1, 0.15) is 21.7 Å². The van der Waals surface area contributed by atoms with Crippen molar-refractivity contribution in [1.29, 1.82) is 0 Å². The Balaban J connectivity index is 2.18. The molecule has 2 aromatic rings. The summed E-state index contributed by atoms with van der Waals surface area (Å²) in [5.74, 6) is -0.680. The summed E-state index contributed by atoms with van der Waals surface area (Å²) in [4.78, 5) is 18.4.